The fourth-order valence-corrected chi connectivity index (χ4v) is 9.38. The standard InChI is InChI=1S/C54H36N4O.C3H8/c1-54(2)45-20-9-6-15-39(45)44-31-36(28-30-46(44)54)33-23-25-34(26-24-33)38-18-12-19-43-40-16-7-10-21-47(40)58(50(38)43)53-56-51(35-13-4-3-5-14-35)55-52(57-53)37-27-29-42-41-17-8-11-22-48(41)59-49(42)32-37;1-3-2/h3-32H,1-2H3;3H2,1-2H3. The monoisotopic (exact) mass is 800 g/mol. The Balaban J connectivity index is 0.00000140. The van der Waals surface area contributed by atoms with Crippen LogP contribution in [0.15, 0.2) is 186 Å². The minimum atomic E-state index is -0.0191. The van der Waals surface area contributed by atoms with E-state index in [4.69, 9.17) is 19.4 Å². The van der Waals surface area contributed by atoms with Crippen molar-refractivity contribution in [3.8, 4) is 62.1 Å². The maximum absolute atomic E-state index is 6.31. The molecule has 0 unspecified atom stereocenters. The van der Waals surface area contributed by atoms with Crippen molar-refractivity contribution in [1.82, 2.24) is 19.5 Å². The number of nitrogens with zero attached hydrogens (tertiary/aromatic N) is 4. The molecule has 8 aromatic carbocycles. The summed E-state index contributed by atoms with van der Waals surface area (Å²) >= 11 is 0. The highest BCUT2D eigenvalue weighted by Gasteiger charge is 2.35. The molecule has 0 saturated heterocycles. The Morgan fingerprint density at radius 2 is 1.03 bits per heavy atom. The van der Waals surface area contributed by atoms with Crippen LogP contribution in [0, 0.1) is 0 Å². The number of fused-ring (bicyclic) bond motifs is 9. The quantitative estimate of drug-likeness (QED) is 0.174. The van der Waals surface area contributed by atoms with Gasteiger partial charge >= 0.3 is 0 Å². The SMILES string of the molecule is CC1(C)c2ccccc2-c2cc(-c3ccc(-c4cccc5c6ccccc6n(-c6nc(-c7ccccc7)nc(-c7ccc8c(c7)oc7ccccc78)n6)c45)cc3)ccc21.CCC. The molecule has 1 aliphatic carbocycles. The van der Waals surface area contributed by atoms with Crippen molar-refractivity contribution in [3.05, 3.63) is 193 Å². The van der Waals surface area contributed by atoms with Crippen LogP contribution in [0.25, 0.3) is 106 Å². The number of benzene rings is 8. The second-order valence-electron chi connectivity index (χ2n) is 16.7. The van der Waals surface area contributed by atoms with Gasteiger partial charge in [0.05, 0.1) is 11.0 Å². The first-order valence-corrected chi connectivity index (χ1v) is 21.5. The Morgan fingerprint density at radius 3 is 1.85 bits per heavy atom. The van der Waals surface area contributed by atoms with Crippen LogP contribution in [-0.4, -0.2) is 19.5 Å². The van der Waals surface area contributed by atoms with Crippen molar-refractivity contribution >= 4 is 43.7 Å². The Labute approximate surface area is 361 Å². The summed E-state index contributed by atoms with van der Waals surface area (Å²) in [6.07, 6.45) is 1.25. The summed E-state index contributed by atoms with van der Waals surface area (Å²) in [5.41, 5.74) is 15.5. The molecule has 3 aromatic heterocycles. The molecule has 3 heterocycles. The van der Waals surface area contributed by atoms with E-state index in [0.29, 0.717) is 17.6 Å². The molecule has 5 nitrogen and oxygen atoms in total. The van der Waals surface area contributed by atoms with Gasteiger partial charge in [0.15, 0.2) is 11.6 Å². The Hall–Kier alpha value is -7.63. The summed E-state index contributed by atoms with van der Waals surface area (Å²) < 4.78 is 8.53. The summed E-state index contributed by atoms with van der Waals surface area (Å²) in [5, 5.41) is 4.41. The van der Waals surface area contributed by atoms with E-state index in [-0.39, 0.29) is 5.41 Å². The first-order valence-electron chi connectivity index (χ1n) is 21.5. The average Bonchev–Trinajstić information content (AvgIpc) is 3.94. The number of aromatic nitrogens is 4. The van der Waals surface area contributed by atoms with Crippen molar-refractivity contribution in [3.63, 3.8) is 0 Å². The summed E-state index contributed by atoms with van der Waals surface area (Å²) in [6.45, 7) is 8.90. The van der Waals surface area contributed by atoms with E-state index in [2.05, 4.69) is 160 Å². The van der Waals surface area contributed by atoms with Crippen molar-refractivity contribution in [2.45, 2.75) is 39.5 Å². The lowest BCUT2D eigenvalue weighted by molar-refractivity contribution is 0.660. The number of rotatable bonds is 5. The minimum Gasteiger partial charge on any atom is -0.456 e. The maximum Gasteiger partial charge on any atom is 0.238 e. The van der Waals surface area contributed by atoms with E-state index in [1.165, 1.54) is 39.8 Å². The van der Waals surface area contributed by atoms with Gasteiger partial charge < -0.3 is 4.42 Å². The van der Waals surface area contributed by atoms with E-state index in [9.17, 15) is 0 Å². The average molecular weight is 801 g/mol. The van der Waals surface area contributed by atoms with Crippen LogP contribution in [0.3, 0.4) is 0 Å². The van der Waals surface area contributed by atoms with Crippen LogP contribution in [0.5, 0.6) is 0 Å². The normalized spacial score (nSPS) is 12.7. The van der Waals surface area contributed by atoms with E-state index in [0.717, 1.165) is 66.0 Å². The molecule has 5 heteroatoms. The van der Waals surface area contributed by atoms with Gasteiger partial charge in [0.2, 0.25) is 5.95 Å². The number of hydrogen-bond acceptors (Lipinski definition) is 4. The van der Waals surface area contributed by atoms with Gasteiger partial charge in [0, 0.05) is 43.7 Å². The van der Waals surface area contributed by atoms with Gasteiger partial charge in [-0.15, -0.1) is 0 Å². The van der Waals surface area contributed by atoms with Crippen LogP contribution >= 0.6 is 0 Å². The summed E-state index contributed by atoms with van der Waals surface area (Å²) in [6, 6.07) is 64.3. The molecule has 0 aliphatic heterocycles. The molecule has 1 aliphatic rings. The van der Waals surface area contributed by atoms with Crippen LogP contribution in [0.2, 0.25) is 0 Å². The molecular formula is C57H44N4O. The molecule has 0 N–H and O–H groups in total. The molecule has 11 aromatic rings. The lowest BCUT2D eigenvalue weighted by atomic mass is 9.82. The fourth-order valence-electron chi connectivity index (χ4n) is 9.38. The zero-order valence-corrected chi connectivity index (χ0v) is 35.2. The van der Waals surface area contributed by atoms with E-state index >= 15 is 0 Å². The first-order chi connectivity index (χ1) is 30.4. The third-order valence-corrected chi connectivity index (χ3v) is 12.3. The van der Waals surface area contributed by atoms with Gasteiger partial charge in [-0.1, -0.05) is 186 Å². The molecule has 0 saturated carbocycles. The highest BCUT2D eigenvalue weighted by atomic mass is 16.3. The summed E-state index contributed by atoms with van der Waals surface area (Å²) in [7, 11) is 0. The summed E-state index contributed by atoms with van der Waals surface area (Å²) in [4.78, 5) is 15.6. The van der Waals surface area contributed by atoms with Crippen LogP contribution in [0.4, 0.5) is 0 Å². The largest absolute Gasteiger partial charge is 0.456 e. The van der Waals surface area contributed by atoms with E-state index in [1.54, 1.807) is 0 Å². The zero-order valence-electron chi connectivity index (χ0n) is 35.2. The van der Waals surface area contributed by atoms with E-state index < -0.39 is 0 Å². The maximum atomic E-state index is 6.31. The Morgan fingerprint density at radius 1 is 0.435 bits per heavy atom. The van der Waals surface area contributed by atoms with Crippen molar-refractivity contribution in [1.29, 1.82) is 0 Å². The van der Waals surface area contributed by atoms with Gasteiger partial charge in [-0.25, -0.2) is 4.98 Å². The number of hydrogen-bond donors (Lipinski definition) is 0. The fraction of sp³-hybridized carbons (Fsp3) is 0.105. The molecule has 62 heavy (non-hydrogen) atoms. The topological polar surface area (TPSA) is 56.7 Å². The summed E-state index contributed by atoms with van der Waals surface area (Å²) in [5.74, 6) is 1.72. The van der Waals surface area contributed by atoms with Crippen molar-refractivity contribution in [2.24, 2.45) is 0 Å². The number of furan rings is 1. The van der Waals surface area contributed by atoms with E-state index in [1.807, 2.05) is 54.6 Å². The molecule has 298 valence electrons. The molecule has 0 fully saturated rings. The lowest BCUT2D eigenvalue weighted by Gasteiger charge is -2.21. The second-order valence-corrected chi connectivity index (χ2v) is 16.7. The third kappa shape index (κ3) is 6.03. The van der Waals surface area contributed by atoms with Gasteiger partial charge in [0.25, 0.3) is 0 Å². The van der Waals surface area contributed by atoms with Gasteiger partial charge in [0.1, 0.15) is 11.2 Å². The second kappa shape index (κ2) is 14.8. The Bertz CT molecular complexity index is 3480. The number of para-hydroxylation sites is 3. The van der Waals surface area contributed by atoms with Crippen molar-refractivity contribution < 1.29 is 4.42 Å². The van der Waals surface area contributed by atoms with Crippen LogP contribution in [-0.2, 0) is 5.41 Å². The van der Waals surface area contributed by atoms with Gasteiger partial charge in [-0.05, 0) is 69.3 Å². The molecule has 0 spiro atoms. The predicted octanol–water partition coefficient (Wildman–Crippen LogP) is 15.3. The molecule has 0 amide bonds. The Kier molecular flexibility index (Phi) is 8.94. The molecule has 12 rings (SSSR count). The molecule has 0 atom stereocenters. The van der Waals surface area contributed by atoms with Crippen LogP contribution in [0.1, 0.15) is 45.2 Å². The van der Waals surface area contributed by atoms with Gasteiger partial charge in [-0.2, -0.15) is 9.97 Å². The molecule has 0 bridgehead atoms. The highest BCUT2D eigenvalue weighted by Crippen LogP contribution is 2.49. The highest BCUT2D eigenvalue weighted by molar-refractivity contribution is 6.13. The minimum absolute atomic E-state index is 0.0191. The molecule has 0 radical (unpaired) electrons. The van der Waals surface area contributed by atoms with Gasteiger partial charge in [-0.3, -0.25) is 4.57 Å². The lowest BCUT2D eigenvalue weighted by Crippen LogP contribution is -2.14. The van der Waals surface area contributed by atoms with Crippen LogP contribution < -0.4 is 0 Å². The zero-order chi connectivity index (χ0) is 42.0. The molecular weight excluding hydrogens is 757 g/mol. The third-order valence-electron chi connectivity index (χ3n) is 12.3. The van der Waals surface area contributed by atoms with Crippen molar-refractivity contribution in [2.75, 3.05) is 0 Å². The predicted molar refractivity (Wildman–Crippen MR) is 257 cm³/mol. The first kappa shape index (κ1) is 37.4. The smallest absolute Gasteiger partial charge is 0.238 e.